The van der Waals surface area contributed by atoms with Gasteiger partial charge in [-0.3, -0.25) is 4.79 Å². The number of ether oxygens (including phenoxy) is 1. The molecule has 0 bridgehead atoms. The summed E-state index contributed by atoms with van der Waals surface area (Å²) in [5.74, 6) is -1.11. The van der Waals surface area contributed by atoms with Gasteiger partial charge in [-0.1, -0.05) is 0 Å². The number of hydrogen-bond acceptors (Lipinski definition) is 3. The third-order valence-electron chi connectivity index (χ3n) is 2.38. The van der Waals surface area contributed by atoms with Crippen molar-refractivity contribution in [2.24, 2.45) is 0 Å². The summed E-state index contributed by atoms with van der Waals surface area (Å²) in [5.41, 5.74) is 0.629. The topological polar surface area (TPSA) is 49.8 Å². The van der Waals surface area contributed by atoms with E-state index < -0.39 is 11.8 Å². The van der Waals surface area contributed by atoms with Crippen molar-refractivity contribution >= 4 is 11.7 Å². The van der Waals surface area contributed by atoms with Crippen molar-refractivity contribution in [3.05, 3.63) is 24.0 Å². The van der Waals surface area contributed by atoms with Crippen molar-refractivity contribution in [2.75, 3.05) is 18.5 Å². The molecule has 1 rings (SSSR count). The molecule has 0 saturated heterocycles. The zero-order chi connectivity index (χ0) is 13.7. The fourth-order valence-corrected chi connectivity index (χ4v) is 1.47. The molecular weight excluding hydrogens is 237 g/mol. The van der Waals surface area contributed by atoms with Crippen LogP contribution in [0.25, 0.3) is 0 Å². The number of halogens is 1. The molecule has 4 nitrogen and oxygen atoms in total. The Labute approximate surface area is 106 Å². The summed E-state index contributed by atoms with van der Waals surface area (Å²) in [7, 11) is 1.72. The molecule has 0 unspecified atom stereocenters. The molecule has 0 aliphatic carbocycles. The molecule has 0 amide bonds. The van der Waals surface area contributed by atoms with Gasteiger partial charge in [0.2, 0.25) is 0 Å². The van der Waals surface area contributed by atoms with Gasteiger partial charge in [0.05, 0.1) is 12.5 Å². The maximum absolute atomic E-state index is 13.7. The molecule has 0 heterocycles. The number of carboxylic acids is 1. The second-order valence-electron chi connectivity index (χ2n) is 4.35. The van der Waals surface area contributed by atoms with E-state index >= 15 is 0 Å². The maximum Gasteiger partial charge on any atom is 0.305 e. The average Bonchev–Trinajstić information content (AvgIpc) is 2.28. The van der Waals surface area contributed by atoms with Crippen LogP contribution in [0.15, 0.2) is 18.2 Å². The van der Waals surface area contributed by atoms with Crippen LogP contribution in [0.2, 0.25) is 0 Å². The number of carbonyl (C=O) groups is 1. The lowest BCUT2D eigenvalue weighted by Gasteiger charge is -2.19. The molecule has 5 heteroatoms. The summed E-state index contributed by atoms with van der Waals surface area (Å²) in [6.07, 6.45) is -0.0716. The van der Waals surface area contributed by atoms with E-state index in [9.17, 15) is 9.18 Å². The molecule has 0 spiro atoms. The number of hydrogen-bond donors (Lipinski definition) is 1. The number of carboxylic acid groups (broad SMARTS) is 1. The Morgan fingerprint density at radius 2 is 2.17 bits per heavy atom. The number of nitrogens with zero attached hydrogens (tertiary/aromatic N) is 1. The van der Waals surface area contributed by atoms with Crippen molar-refractivity contribution in [3.63, 3.8) is 0 Å². The van der Waals surface area contributed by atoms with Crippen molar-refractivity contribution < 1.29 is 19.0 Å². The predicted molar refractivity (Wildman–Crippen MR) is 67.7 cm³/mol. The average molecular weight is 255 g/mol. The van der Waals surface area contributed by atoms with Gasteiger partial charge in [-0.05, 0) is 26.0 Å². The molecule has 0 saturated carbocycles. The Kier molecular flexibility index (Phi) is 4.95. The van der Waals surface area contributed by atoms with Crippen LogP contribution in [0.3, 0.4) is 0 Å². The Hall–Kier alpha value is -1.78. The lowest BCUT2D eigenvalue weighted by atomic mass is 10.2. The first-order valence-electron chi connectivity index (χ1n) is 5.79. The highest BCUT2D eigenvalue weighted by Crippen LogP contribution is 2.24. The zero-order valence-corrected chi connectivity index (χ0v) is 10.8. The molecule has 0 aliphatic heterocycles. The second kappa shape index (κ2) is 6.23. The van der Waals surface area contributed by atoms with E-state index in [1.165, 1.54) is 6.07 Å². The summed E-state index contributed by atoms with van der Waals surface area (Å²) in [6, 6.07) is 4.62. The minimum atomic E-state index is -0.873. The molecule has 1 N–H and O–H groups in total. The highest BCUT2D eigenvalue weighted by molar-refractivity contribution is 5.67. The predicted octanol–water partition coefficient (Wildman–Crippen LogP) is 2.52. The monoisotopic (exact) mass is 255 g/mol. The first kappa shape index (κ1) is 14.3. The second-order valence-corrected chi connectivity index (χ2v) is 4.35. The molecule has 0 atom stereocenters. The van der Waals surface area contributed by atoms with Crippen molar-refractivity contribution in [1.29, 1.82) is 0 Å². The molecule has 100 valence electrons. The number of anilines is 1. The summed E-state index contributed by atoms with van der Waals surface area (Å²) in [5, 5.41) is 8.59. The van der Waals surface area contributed by atoms with Crippen LogP contribution in [0.5, 0.6) is 5.75 Å². The summed E-state index contributed by atoms with van der Waals surface area (Å²) in [4.78, 5) is 12.1. The third kappa shape index (κ3) is 4.24. The standard InChI is InChI=1S/C13H18FNO3/c1-9(2)18-12-5-4-10(8-11(12)14)15(3)7-6-13(16)17/h4-5,8-9H,6-7H2,1-3H3,(H,16,17). The van der Waals surface area contributed by atoms with Crippen LogP contribution >= 0.6 is 0 Å². The number of aliphatic carboxylic acids is 1. The van der Waals surface area contributed by atoms with Crippen LogP contribution in [-0.4, -0.2) is 30.8 Å². The molecule has 1 aromatic carbocycles. The van der Waals surface area contributed by atoms with Crippen LogP contribution in [0.1, 0.15) is 20.3 Å². The van der Waals surface area contributed by atoms with E-state index in [0.717, 1.165) is 0 Å². The van der Waals surface area contributed by atoms with E-state index in [0.29, 0.717) is 12.2 Å². The van der Waals surface area contributed by atoms with Gasteiger partial charge in [0.25, 0.3) is 0 Å². The lowest BCUT2D eigenvalue weighted by molar-refractivity contribution is -0.136. The molecular formula is C13H18FNO3. The SMILES string of the molecule is CC(C)Oc1ccc(N(C)CCC(=O)O)cc1F. The summed E-state index contributed by atoms with van der Waals surface area (Å²) >= 11 is 0. The number of benzene rings is 1. The zero-order valence-electron chi connectivity index (χ0n) is 10.8. The van der Waals surface area contributed by atoms with Gasteiger partial charge in [-0.15, -0.1) is 0 Å². The maximum atomic E-state index is 13.7. The fourth-order valence-electron chi connectivity index (χ4n) is 1.47. The quantitative estimate of drug-likeness (QED) is 0.848. The normalized spacial score (nSPS) is 10.5. The molecule has 0 aromatic heterocycles. The van der Waals surface area contributed by atoms with Crippen molar-refractivity contribution in [1.82, 2.24) is 0 Å². The van der Waals surface area contributed by atoms with E-state index in [-0.39, 0.29) is 18.3 Å². The fraction of sp³-hybridized carbons (Fsp3) is 0.462. The third-order valence-corrected chi connectivity index (χ3v) is 2.38. The van der Waals surface area contributed by atoms with Gasteiger partial charge < -0.3 is 14.7 Å². The molecule has 0 fully saturated rings. The van der Waals surface area contributed by atoms with Crippen LogP contribution in [0.4, 0.5) is 10.1 Å². The van der Waals surface area contributed by atoms with E-state index in [4.69, 9.17) is 9.84 Å². The van der Waals surface area contributed by atoms with Crippen molar-refractivity contribution in [3.8, 4) is 5.75 Å². The van der Waals surface area contributed by atoms with Gasteiger partial charge >= 0.3 is 5.97 Å². The van der Waals surface area contributed by atoms with Gasteiger partial charge in [-0.25, -0.2) is 4.39 Å². The van der Waals surface area contributed by atoms with E-state index in [1.54, 1.807) is 24.1 Å². The summed E-state index contributed by atoms with van der Waals surface area (Å²) in [6.45, 7) is 3.98. The highest BCUT2D eigenvalue weighted by Gasteiger charge is 2.09. The van der Waals surface area contributed by atoms with Gasteiger partial charge in [0.1, 0.15) is 0 Å². The minimum absolute atomic E-state index is 0.0162. The Balaban J connectivity index is 2.73. The van der Waals surface area contributed by atoms with Gasteiger partial charge in [-0.2, -0.15) is 0 Å². The van der Waals surface area contributed by atoms with Crippen LogP contribution in [-0.2, 0) is 4.79 Å². The van der Waals surface area contributed by atoms with E-state index in [1.807, 2.05) is 13.8 Å². The highest BCUT2D eigenvalue weighted by atomic mass is 19.1. The van der Waals surface area contributed by atoms with E-state index in [2.05, 4.69) is 0 Å². The Morgan fingerprint density at radius 3 is 2.67 bits per heavy atom. The molecule has 18 heavy (non-hydrogen) atoms. The largest absolute Gasteiger partial charge is 0.488 e. The van der Waals surface area contributed by atoms with Crippen LogP contribution < -0.4 is 9.64 Å². The summed E-state index contributed by atoms with van der Waals surface area (Å²) < 4.78 is 19.0. The smallest absolute Gasteiger partial charge is 0.305 e. The first-order chi connectivity index (χ1) is 8.40. The van der Waals surface area contributed by atoms with Gasteiger partial charge in [0.15, 0.2) is 11.6 Å². The van der Waals surface area contributed by atoms with Gasteiger partial charge in [0, 0.05) is 25.3 Å². The number of rotatable bonds is 6. The Morgan fingerprint density at radius 1 is 1.50 bits per heavy atom. The molecule has 0 radical (unpaired) electrons. The lowest BCUT2D eigenvalue weighted by Crippen LogP contribution is -2.21. The van der Waals surface area contributed by atoms with Crippen molar-refractivity contribution in [2.45, 2.75) is 26.4 Å². The molecule has 0 aliphatic rings. The minimum Gasteiger partial charge on any atom is -0.488 e. The first-order valence-corrected chi connectivity index (χ1v) is 5.79. The molecule has 1 aromatic rings. The van der Waals surface area contributed by atoms with Crippen LogP contribution in [0, 0.1) is 5.82 Å². The Bertz CT molecular complexity index is 421.